The van der Waals surface area contributed by atoms with E-state index in [1.807, 2.05) is 24.3 Å². The van der Waals surface area contributed by atoms with Gasteiger partial charge >= 0.3 is 0 Å². The minimum atomic E-state index is 0.0888. The molecular weight excluding hydrogens is 348 g/mol. The number of ether oxygens (including phenoxy) is 2. The van der Waals surface area contributed by atoms with Crippen LogP contribution < -0.4 is 4.74 Å². The number of hydrogen-bond donors (Lipinski definition) is 0. The third-order valence-electron chi connectivity index (χ3n) is 4.57. The molecule has 0 amide bonds. The van der Waals surface area contributed by atoms with Crippen molar-refractivity contribution in [3.8, 4) is 17.3 Å². The van der Waals surface area contributed by atoms with Gasteiger partial charge in [-0.25, -0.2) is 4.98 Å². The van der Waals surface area contributed by atoms with Crippen LogP contribution in [0.1, 0.15) is 30.5 Å². The van der Waals surface area contributed by atoms with Crippen LogP contribution in [0.25, 0.3) is 11.4 Å². The lowest BCUT2D eigenvalue weighted by Gasteiger charge is -2.19. The number of pyridine rings is 1. The second kappa shape index (κ2) is 8.32. The average Bonchev–Trinajstić information content (AvgIpc) is 3.44. The SMILES string of the molecule is COCCOc1ncccc1-c1noc(C2CCCN2Cc2ccco2)n1. The monoisotopic (exact) mass is 370 g/mol. The highest BCUT2D eigenvalue weighted by Gasteiger charge is 2.31. The number of methoxy groups -OCH3 is 1. The third kappa shape index (κ3) is 4.01. The maximum atomic E-state index is 5.68. The molecular formula is C19H22N4O4. The molecule has 0 N–H and O–H groups in total. The molecule has 1 unspecified atom stereocenters. The van der Waals surface area contributed by atoms with E-state index < -0.39 is 0 Å². The Labute approximate surface area is 157 Å². The fraction of sp³-hybridized carbons (Fsp3) is 0.421. The van der Waals surface area contributed by atoms with Gasteiger partial charge in [-0.3, -0.25) is 4.90 Å². The van der Waals surface area contributed by atoms with E-state index in [0.29, 0.717) is 36.4 Å². The summed E-state index contributed by atoms with van der Waals surface area (Å²) in [4.78, 5) is 11.2. The quantitative estimate of drug-likeness (QED) is 0.559. The molecule has 1 aliphatic rings. The molecule has 1 saturated heterocycles. The molecule has 0 saturated carbocycles. The molecule has 1 atom stereocenters. The maximum absolute atomic E-state index is 5.68. The van der Waals surface area contributed by atoms with Crippen LogP contribution in [0.2, 0.25) is 0 Å². The summed E-state index contributed by atoms with van der Waals surface area (Å²) in [6.07, 6.45) is 5.43. The number of hydrogen-bond acceptors (Lipinski definition) is 8. The molecule has 3 aromatic heterocycles. The first kappa shape index (κ1) is 17.7. The Balaban J connectivity index is 1.51. The van der Waals surface area contributed by atoms with Crippen LogP contribution >= 0.6 is 0 Å². The van der Waals surface area contributed by atoms with Crippen molar-refractivity contribution in [2.24, 2.45) is 0 Å². The van der Waals surface area contributed by atoms with Crippen molar-refractivity contribution in [1.82, 2.24) is 20.0 Å². The van der Waals surface area contributed by atoms with Gasteiger partial charge in [-0.1, -0.05) is 5.16 Å². The molecule has 1 fully saturated rings. The van der Waals surface area contributed by atoms with Crippen molar-refractivity contribution in [3.63, 3.8) is 0 Å². The molecule has 0 aromatic carbocycles. The van der Waals surface area contributed by atoms with Gasteiger partial charge in [0, 0.05) is 13.3 Å². The Hall–Kier alpha value is -2.71. The number of aromatic nitrogens is 3. The Kier molecular flexibility index (Phi) is 5.45. The van der Waals surface area contributed by atoms with Gasteiger partial charge in [-0.2, -0.15) is 4.98 Å². The van der Waals surface area contributed by atoms with Gasteiger partial charge in [0.15, 0.2) is 0 Å². The molecule has 0 radical (unpaired) electrons. The predicted molar refractivity (Wildman–Crippen MR) is 96.0 cm³/mol. The second-order valence-corrected chi connectivity index (χ2v) is 6.36. The van der Waals surface area contributed by atoms with Crippen molar-refractivity contribution >= 4 is 0 Å². The molecule has 3 aromatic rings. The highest BCUT2D eigenvalue weighted by atomic mass is 16.5. The number of furan rings is 1. The van der Waals surface area contributed by atoms with E-state index >= 15 is 0 Å². The van der Waals surface area contributed by atoms with Gasteiger partial charge < -0.3 is 18.4 Å². The molecule has 0 aliphatic carbocycles. The predicted octanol–water partition coefficient (Wildman–Crippen LogP) is 3.09. The van der Waals surface area contributed by atoms with Crippen LogP contribution in [-0.4, -0.2) is 46.9 Å². The zero-order chi connectivity index (χ0) is 18.5. The van der Waals surface area contributed by atoms with Crippen molar-refractivity contribution in [2.45, 2.75) is 25.4 Å². The first-order valence-corrected chi connectivity index (χ1v) is 9.02. The summed E-state index contributed by atoms with van der Waals surface area (Å²) in [5.74, 6) is 2.50. The van der Waals surface area contributed by atoms with Crippen molar-refractivity contribution in [1.29, 1.82) is 0 Å². The van der Waals surface area contributed by atoms with E-state index in [-0.39, 0.29) is 6.04 Å². The Bertz CT molecular complexity index is 849. The number of likely N-dealkylation sites (tertiary alicyclic amines) is 1. The summed E-state index contributed by atoms with van der Waals surface area (Å²) in [5, 5.41) is 4.16. The van der Waals surface area contributed by atoms with Crippen LogP contribution in [0.15, 0.2) is 45.7 Å². The Morgan fingerprint density at radius 1 is 1.26 bits per heavy atom. The first-order chi connectivity index (χ1) is 13.3. The molecule has 142 valence electrons. The summed E-state index contributed by atoms with van der Waals surface area (Å²) in [5.41, 5.74) is 0.708. The highest BCUT2D eigenvalue weighted by molar-refractivity contribution is 5.60. The zero-order valence-corrected chi connectivity index (χ0v) is 15.2. The largest absolute Gasteiger partial charge is 0.475 e. The van der Waals surface area contributed by atoms with Crippen LogP contribution in [0, 0.1) is 0 Å². The summed E-state index contributed by atoms with van der Waals surface area (Å²) in [7, 11) is 1.63. The lowest BCUT2D eigenvalue weighted by Crippen LogP contribution is -2.22. The first-order valence-electron chi connectivity index (χ1n) is 9.02. The van der Waals surface area contributed by atoms with E-state index in [4.69, 9.17) is 18.4 Å². The molecule has 0 spiro atoms. The van der Waals surface area contributed by atoms with Crippen LogP contribution in [0.5, 0.6) is 5.88 Å². The molecule has 0 bridgehead atoms. The van der Waals surface area contributed by atoms with Gasteiger partial charge in [0.1, 0.15) is 12.4 Å². The van der Waals surface area contributed by atoms with E-state index in [2.05, 4.69) is 20.0 Å². The number of nitrogens with zero attached hydrogens (tertiary/aromatic N) is 4. The maximum Gasteiger partial charge on any atom is 0.244 e. The highest BCUT2D eigenvalue weighted by Crippen LogP contribution is 2.34. The summed E-state index contributed by atoms with van der Waals surface area (Å²) >= 11 is 0. The minimum Gasteiger partial charge on any atom is -0.475 e. The van der Waals surface area contributed by atoms with E-state index in [9.17, 15) is 0 Å². The summed E-state index contributed by atoms with van der Waals surface area (Å²) in [6, 6.07) is 7.67. The lowest BCUT2D eigenvalue weighted by molar-refractivity contribution is 0.144. The van der Waals surface area contributed by atoms with Gasteiger partial charge in [0.05, 0.1) is 31.0 Å². The van der Waals surface area contributed by atoms with Gasteiger partial charge in [0.2, 0.25) is 17.6 Å². The molecule has 4 heterocycles. The van der Waals surface area contributed by atoms with E-state index in [0.717, 1.165) is 31.7 Å². The van der Waals surface area contributed by atoms with Crippen molar-refractivity contribution < 1.29 is 18.4 Å². The molecule has 8 heteroatoms. The number of rotatable bonds is 8. The lowest BCUT2D eigenvalue weighted by atomic mass is 10.2. The fourth-order valence-electron chi connectivity index (χ4n) is 3.28. The average molecular weight is 370 g/mol. The zero-order valence-electron chi connectivity index (χ0n) is 15.2. The minimum absolute atomic E-state index is 0.0888. The van der Waals surface area contributed by atoms with Crippen LogP contribution in [-0.2, 0) is 11.3 Å². The molecule has 1 aliphatic heterocycles. The van der Waals surface area contributed by atoms with Crippen LogP contribution in [0.4, 0.5) is 0 Å². The van der Waals surface area contributed by atoms with Crippen molar-refractivity contribution in [3.05, 3.63) is 48.4 Å². The van der Waals surface area contributed by atoms with Gasteiger partial charge in [-0.15, -0.1) is 0 Å². The third-order valence-corrected chi connectivity index (χ3v) is 4.57. The van der Waals surface area contributed by atoms with E-state index in [1.165, 1.54) is 0 Å². The van der Waals surface area contributed by atoms with Crippen LogP contribution in [0.3, 0.4) is 0 Å². The normalized spacial score (nSPS) is 17.4. The standard InChI is InChI=1S/C19H22N4O4/c1-24-11-12-26-18-15(6-2-8-20-18)17-21-19(27-22-17)16-7-3-9-23(16)13-14-5-4-10-25-14/h2,4-6,8,10,16H,3,7,9,11-13H2,1H3. The Morgan fingerprint density at radius 2 is 2.22 bits per heavy atom. The summed E-state index contributed by atoms with van der Waals surface area (Å²) in [6.45, 7) is 2.59. The topological polar surface area (TPSA) is 86.7 Å². The van der Waals surface area contributed by atoms with Crippen molar-refractivity contribution in [2.75, 3.05) is 26.9 Å². The fourth-order valence-corrected chi connectivity index (χ4v) is 3.28. The Morgan fingerprint density at radius 3 is 3.07 bits per heavy atom. The molecule has 4 rings (SSSR count). The van der Waals surface area contributed by atoms with Gasteiger partial charge in [0.25, 0.3) is 0 Å². The molecule has 8 nitrogen and oxygen atoms in total. The smallest absolute Gasteiger partial charge is 0.244 e. The van der Waals surface area contributed by atoms with Gasteiger partial charge in [-0.05, 0) is 43.7 Å². The second-order valence-electron chi connectivity index (χ2n) is 6.36. The van der Waals surface area contributed by atoms with E-state index in [1.54, 1.807) is 19.6 Å². The molecule has 27 heavy (non-hydrogen) atoms. The summed E-state index contributed by atoms with van der Waals surface area (Å²) < 4.78 is 21.8.